The van der Waals surface area contributed by atoms with E-state index in [2.05, 4.69) is 13.5 Å². The van der Waals surface area contributed by atoms with Gasteiger partial charge >= 0.3 is 5.97 Å². The van der Waals surface area contributed by atoms with Crippen molar-refractivity contribution < 1.29 is 14.3 Å². The Labute approximate surface area is 124 Å². The Hall–Kier alpha value is -0.830. The van der Waals surface area contributed by atoms with E-state index in [1.807, 2.05) is 0 Å². The molecule has 0 saturated heterocycles. The van der Waals surface area contributed by atoms with Crippen molar-refractivity contribution >= 4 is 5.97 Å². The summed E-state index contributed by atoms with van der Waals surface area (Å²) >= 11 is 0. The van der Waals surface area contributed by atoms with Gasteiger partial charge in [-0.15, -0.1) is 0 Å². The third kappa shape index (κ3) is 11.0. The van der Waals surface area contributed by atoms with Crippen LogP contribution in [0.1, 0.15) is 71.6 Å². The molecular formula is C17H32O3. The predicted octanol–water partition coefficient (Wildman–Crippen LogP) is 4.65. The summed E-state index contributed by atoms with van der Waals surface area (Å²) in [7, 11) is 1.79. The van der Waals surface area contributed by atoms with E-state index in [1.165, 1.54) is 32.1 Å². The number of rotatable bonds is 13. The van der Waals surface area contributed by atoms with E-state index in [4.69, 9.17) is 9.47 Å². The monoisotopic (exact) mass is 284 g/mol. The number of hydrogen-bond donors (Lipinski definition) is 0. The molecule has 0 aliphatic carbocycles. The lowest BCUT2D eigenvalue weighted by Gasteiger charge is -2.15. The lowest BCUT2D eigenvalue weighted by molar-refractivity contribution is -0.139. The highest BCUT2D eigenvalue weighted by Crippen LogP contribution is 2.14. The smallest absolute Gasteiger partial charge is 0.333 e. The molecule has 0 rings (SSSR count). The summed E-state index contributed by atoms with van der Waals surface area (Å²) in [6.45, 7) is 7.94. The fourth-order valence-electron chi connectivity index (χ4n) is 2.12. The quantitative estimate of drug-likeness (QED) is 0.280. The number of ether oxygens (including phenoxy) is 2. The minimum atomic E-state index is -0.288. The van der Waals surface area contributed by atoms with E-state index in [-0.39, 0.29) is 5.97 Å². The van der Waals surface area contributed by atoms with Gasteiger partial charge in [0, 0.05) is 12.7 Å². The molecule has 3 heteroatoms. The van der Waals surface area contributed by atoms with Crippen molar-refractivity contribution in [2.24, 2.45) is 0 Å². The van der Waals surface area contributed by atoms with Gasteiger partial charge in [0.2, 0.25) is 0 Å². The van der Waals surface area contributed by atoms with Crippen LogP contribution in [0.2, 0.25) is 0 Å². The third-order valence-electron chi connectivity index (χ3n) is 3.47. The molecule has 1 unspecified atom stereocenters. The first-order chi connectivity index (χ1) is 9.61. The van der Waals surface area contributed by atoms with Gasteiger partial charge in [-0.25, -0.2) is 4.79 Å². The molecule has 0 amide bonds. The van der Waals surface area contributed by atoms with Gasteiger partial charge in [0.1, 0.15) is 0 Å². The second-order valence-electron chi connectivity index (χ2n) is 5.47. The Morgan fingerprint density at radius 1 is 1.05 bits per heavy atom. The molecule has 0 saturated carbocycles. The summed E-state index contributed by atoms with van der Waals surface area (Å²) in [6, 6.07) is 0. The number of carbonyl (C=O) groups is 1. The minimum absolute atomic E-state index is 0.288. The molecule has 0 spiro atoms. The number of carbonyl (C=O) groups excluding carboxylic acids is 1. The van der Waals surface area contributed by atoms with Crippen molar-refractivity contribution in [1.82, 2.24) is 0 Å². The van der Waals surface area contributed by atoms with E-state index in [9.17, 15) is 4.79 Å². The number of hydrogen-bond acceptors (Lipinski definition) is 3. The fourth-order valence-corrected chi connectivity index (χ4v) is 2.12. The Morgan fingerprint density at radius 2 is 1.65 bits per heavy atom. The molecule has 118 valence electrons. The van der Waals surface area contributed by atoms with Crippen LogP contribution in [0.3, 0.4) is 0 Å². The summed E-state index contributed by atoms with van der Waals surface area (Å²) in [6.07, 6.45) is 11.0. The molecule has 0 radical (unpaired) electrons. The number of methoxy groups -OCH3 is 1. The molecule has 0 aromatic rings. The summed E-state index contributed by atoms with van der Waals surface area (Å²) in [5.41, 5.74) is 0.465. The molecule has 20 heavy (non-hydrogen) atoms. The minimum Gasteiger partial charge on any atom is -0.462 e. The largest absolute Gasteiger partial charge is 0.462 e. The van der Waals surface area contributed by atoms with Gasteiger partial charge in [0.25, 0.3) is 0 Å². The highest BCUT2D eigenvalue weighted by Gasteiger charge is 2.07. The Bertz CT molecular complexity index is 261. The van der Waals surface area contributed by atoms with Crippen LogP contribution in [0.25, 0.3) is 0 Å². The maximum absolute atomic E-state index is 11.2. The first-order valence-electron chi connectivity index (χ1n) is 7.97. The molecule has 0 aromatic heterocycles. The van der Waals surface area contributed by atoms with Gasteiger partial charge in [-0.3, -0.25) is 0 Å². The van der Waals surface area contributed by atoms with Gasteiger partial charge in [0.15, 0.2) is 0 Å². The van der Waals surface area contributed by atoms with Crippen LogP contribution < -0.4 is 0 Å². The average Bonchev–Trinajstić information content (AvgIpc) is 2.44. The molecule has 0 heterocycles. The van der Waals surface area contributed by atoms with Gasteiger partial charge in [-0.05, 0) is 32.6 Å². The van der Waals surface area contributed by atoms with Crippen LogP contribution in [-0.4, -0.2) is 25.8 Å². The maximum atomic E-state index is 11.2. The lowest BCUT2D eigenvalue weighted by Crippen LogP contribution is -2.11. The van der Waals surface area contributed by atoms with Crippen LogP contribution in [-0.2, 0) is 14.3 Å². The molecule has 0 aromatic carbocycles. The molecule has 3 nitrogen and oxygen atoms in total. The summed E-state index contributed by atoms with van der Waals surface area (Å²) < 4.78 is 10.6. The predicted molar refractivity (Wildman–Crippen MR) is 83.8 cm³/mol. The van der Waals surface area contributed by atoms with Crippen molar-refractivity contribution in [2.45, 2.75) is 77.7 Å². The zero-order valence-corrected chi connectivity index (χ0v) is 13.6. The third-order valence-corrected chi connectivity index (χ3v) is 3.47. The summed E-state index contributed by atoms with van der Waals surface area (Å²) in [4.78, 5) is 11.2. The second-order valence-corrected chi connectivity index (χ2v) is 5.47. The maximum Gasteiger partial charge on any atom is 0.333 e. The van der Waals surface area contributed by atoms with E-state index in [0.717, 1.165) is 25.7 Å². The first kappa shape index (κ1) is 19.2. The van der Waals surface area contributed by atoms with Crippen LogP contribution >= 0.6 is 0 Å². The zero-order chi connectivity index (χ0) is 15.2. The molecule has 1 atom stereocenters. The van der Waals surface area contributed by atoms with Crippen LogP contribution in [0, 0.1) is 0 Å². The van der Waals surface area contributed by atoms with Gasteiger partial charge in [-0.1, -0.05) is 45.6 Å². The molecular weight excluding hydrogens is 252 g/mol. The number of unbranched alkanes of at least 4 members (excludes halogenated alkanes) is 5. The number of esters is 1. The van der Waals surface area contributed by atoms with E-state index < -0.39 is 0 Å². The van der Waals surface area contributed by atoms with Crippen LogP contribution in [0.4, 0.5) is 0 Å². The van der Waals surface area contributed by atoms with Crippen molar-refractivity contribution in [1.29, 1.82) is 0 Å². The standard InChI is InChI=1S/C17H32O3/c1-5-6-7-8-9-12-16(19-4)13-10-11-14-20-17(18)15(2)3/h16H,2,5-14H2,1,3-4H3. The zero-order valence-electron chi connectivity index (χ0n) is 13.6. The van der Waals surface area contributed by atoms with Crippen molar-refractivity contribution in [2.75, 3.05) is 13.7 Å². The fraction of sp³-hybridized carbons (Fsp3) is 0.824. The van der Waals surface area contributed by atoms with Gasteiger partial charge in [0.05, 0.1) is 12.7 Å². The average molecular weight is 284 g/mol. The molecule has 0 bridgehead atoms. The lowest BCUT2D eigenvalue weighted by atomic mass is 10.0. The Kier molecular flexibility index (Phi) is 12.6. The van der Waals surface area contributed by atoms with Crippen molar-refractivity contribution in [3.8, 4) is 0 Å². The first-order valence-corrected chi connectivity index (χ1v) is 7.97. The molecule has 0 N–H and O–H groups in total. The van der Waals surface area contributed by atoms with E-state index >= 15 is 0 Å². The Balaban J connectivity index is 3.50. The topological polar surface area (TPSA) is 35.5 Å². The highest BCUT2D eigenvalue weighted by atomic mass is 16.5. The van der Waals surface area contributed by atoms with Crippen LogP contribution in [0.15, 0.2) is 12.2 Å². The van der Waals surface area contributed by atoms with Crippen molar-refractivity contribution in [3.05, 3.63) is 12.2 Å². The normalized spacial score (nSPS) is 12.2. The summed E-state index contributed by atoms with van der Waals surface area (Å²) in [5.74, 6) is -0.288. The van der Waals surface area contributed by atoms with Crippen LogP contribution in [0.5, 0.6) is 0 Å². The van der Waals surface area contributed by atoms with E-state index in [0.29, 0.717) is 18.3 Å². The van der Waals surface area contributed by atoms with Gasteiger partial charge in [-0.2, -0.15) is 0 Å². The SMILES string of the molecule is C=C(C)C(=O)OCCCCC(CCCCCCC)OC. The van der Waals surface area contributed by atoms with Gasteiger partial charge < -0.3 is 9.47 Å². The highest BCUT2D eigenvalue weighted by molar-refractivity contribution is 5.86. The molecule has 0 aliphatic rings. The second kappa shape index (κ2) is 13.2. The van der Waals surface area contributed by atoms with E-state index in [1.54, 1.807) is 14.0 Å². The van der Waals surface area contributed by atoms with Crippen molar-refractivity contribution in [3.63, 3.8) is 0 Å². The summed E-state index contributed by atoms with van der Waals surface area (Å²) in [5, 5.41) is 0. The molecule has 0 fully saturated rings. The Morgan fingerprint density at radius 3 is 2.20 bits per heavy atom. The molecule has 0 aliphatic heterocycles.